The molecule has 0 aromatic heterocycles. The smallest absolute Gasteiger partial charge is 0.303 e. The van der Waals surface area contributed by atoms with Crippen LogP contribution in [0.1, 0.15) is 51.9 Å². The van der Waals surface area contributed by atoms with Gasteiger partial charge in [0.25, 0.3) is 0 Å². The topological polar surface area (TPSA) is 40.5 Å². The number of carbonyl (C=O) groups is 1. The lowest BCUT2D eigenvalue weighted by Crippen LogP contribution is -2.30. The maximum absolute atomic E-state index is 10.6. The van der Waals surface area contributed by atoms with Gasteiger partial charge >= 0.3 is 5.97 Å². The average molecular weight is 253 g/mol. The van der Waals surface area contributed by atoms with Crippen molar-refractivity contribution >= 4 is 5.97 Å². The van der Waals surface area contributed by atoms with E-state index in [1.54, 1.807) is 0 Å². The summed E-state index contributed by atoms with van der Waals surface area (Å²) in [4.78, 5) is 13.2. The molecule has 2 rings (SSSR count). The first-order chi connectivity index (χ1) is 8.63. The summed E-state index contributed by atoms with van der Waals surface area (Å²) < 4.78 is 0. The van der Waals surface area contributed by atoms with Crippen molar-refractivity contribution in [2.75, 3.05) is 19.6 Å². The normalized spacial score (nSPS) is 33.7. The van der Waals surface area contributed by atoms with Crippen LogP contribution in [-0.4, -0.2) is 35.6 Å². The van der Waals surface area contributed by atoms with Crippen molar-refractivity contribution in [3.8, 4) is 0 Å². The van der Waals surface area contributed by atoms with E-state index in [4.69, 9.17) is 5.11 Å². The molecule has 0 radical (unpaired) electrons. The molecule has 2 aliphatic rings. The molecule has 18 heavy (non-hydrogen) atoms. The van der Waals surface area contributed by atoms with Gasteiger partial charge in [-0.05, 0) is 50.0 Å². The van der Waals surface area contributed by atoms with E-state index in [0.29, 0.717) is 12.3 Å². The molecule has 1 heterocycles. The second-order valence-corrected chi connectivity index (χ2v) is 6.48. The number of rotatable bonds is 5. The summed E-state index contributed by atoms with van der Waals surface area (Å²) in [6, 6.07) is 0. The fourth-order valence-corrected chi connectivity index (χ4v) is 3.73. The number of hydrogen-bond acceptors (Lipinski definition) is 2. The molecule has 0 aromatic carbocycles. The zero-order chi connectivity index (χ0) is 13.0. The first-order valence-electron chi connectivity index (χ1n) is 7.57. The molecular formula is C15H27NO2. The molecule has 1 saturated heterocycles. The molecule has 3 nitrogen and oxygen atoms in total. The van der Waals surface area contributed by atoms with Crippen LogP contribution < -0.4 is 0 Å². The monoisotopic (exact) mass is 253 g/mol. The molecule has 0 amide bonds. The Morgan fingerprint density at radius 3 is 2.83 bits per heavy atom. The van der Waals surface area contributed by atoms with Crippen LogP contribution in [0.3, 0.4) is 0 Å². The summed E-state index contributed by atoms with van der Waals surface area (Å²) >= 11 is 0. The van der Waals surface area contributed by atoms with E-state index < -0.39 is 5.97 Å². The first kappa shape index (κ1) is 13.9. The molecule has 104 valence electrons. The van der Waals surface area contributed by atoms with Crippen molar-refractivity contribution in [3.63, 3.8) is 0 Å². The third-order valence-electron chi connectivity index (χ3n) is 4.70. The number of aliphatic carboxylic acids is 1. The summed E-state index contributed by atoms with van der Waals surface area (Å²) in [6.45, 7) is 5.97. The SMILES string of the molecule is CC1CCCC(CN2CCC(CCC(=O)O)C2)C1. The maximum atomic E-state index is 10.6. The Labute approximate surface area is 111 Å². The van der Waals surface area contributed by atoms with Gasteiger partial charge in [0.15, 0.2) is 0 Å². The lowest BCUT2D eigenvalue weighted by atomic mass is 9.82. The minimum atomic E-state index is -0.644. The molecule has 1 saturated carbocycles. The van der Waals surface area contributed by atoms with Gasteiger partial charge < -0.3 is 10.0 Å². The number of likely N-dealkylation sites (tertiary alicyclic amines) is 1. The molecule has 1 aliphatic heterocycles. The van der Waals surface area contributed by atoms with Gasteiger partial charge in [0, 0.05) is 19.5 Å². The number of hydrogen-bond donors (Lipinski definition) is 1. The van der Waals surface area contributed by atoms with E-state index in [2.05, 4.69) is 11.8 Å². The second-order valence-electron chi connectivity index (χ2n) is 6.48. The second kappa shape index (κ2) is 6.55. The number of carboxylic acid groups (broad SMARTS) is 1. The molecular weight excluding hydrogens is 226 g/mol. The van der Waals surface area contributed by atoms with Crippen molar-refractivity contribution in [2.24, 2.45) is 17.8 Å². The Bertz CT molecular complexity index is 280. The van der Waals surface area contributed by atoms with Crippen LogP contribution in [0.4, 0.5) is 0 Å². The number of nitrogens with zero attached hydrogens (tertiary/aromatic N) is 1. The molecule has 2 fully saturated rings. The molecule has 0 bridgehead atoms. The largest absolute Gasteiger partial charge is 0.481 e. The van der Waals surface area contributed by atoms with E-state index in [1.165, 1.54) is 45.2 Å². The molecule has 3 unspecified atom stereocenters. The van der Waals surface area contributed by atoms with E-state index in [9.17, 15) is 4.79 Å². The van der Waals surface area contributed by atoms with Crippen molar-refractivity contribution in [2.45, 2.75) is 51.9 Å². The van der Waals surface area contributed by atoms with Crippen LogP contribution in [-0.2, 0) is 4.79 Å². The van der Waals surface area contributed by atoms with Crippen LogP contribution in [0.5, 0.6) is 0 Å². The summed E-state index contributed by atoms with van der Waals surface area (Å²) in [6.07, 6.45) is 8.04. The third kappa shape index (κ3) is 4.27. The number of carboxylic acids is 1. The van der Waals surface area contributed by atoms with Gasteiger partial charge in [-0.2, -0.15) is 0 Å². The highest BCUT2D eigenvalue weighted by Crippen LogP contribution is 2.31. The predicted molar refractivity (Wildman–Crippen MR) is 72.5 cm³/mol. The van der Waals surface area contributed by atoms with Gasteiger partial charge in [-0.25, -0.2) is 0 Å². The Kier molecular flexibility index (Phi) is 5.04. The van der Waals surface area contributed by atoms with Gasteiger partial charge in [-0.15, -0.1) is 0 Å². The average Bonchev–Trinajstić information content (AvgIpc) is 2.74. The van der Waals surface area contributed by atoms with Gasteiger partial charge in [-0.1, -0.05) is 19.8 Å². The highest BCUT2D eigenvalue weighted by atomic mass is 16.4. The lowest BCUT2D eigenvalue weighted by molar-refractivity contribution is -0.137. The van der Waals surface area contributed by atoms with Gasteiger partial charge in [0.2, 0.25) is 0 Å². The Hall–Kier alpha value is -0.570. The molecule has 3 atom stereocenters. The third-order valence-corrected chi connectivity index (χ3v) is 4.70. The summed E-state index contributed by atoms with van der Waals surface area (Å²) in [5.74, 6) is 1.79. The first-order valence-corrected chi connectivity index (χ1v) is 7.57. The van der Waals surface area contributed by atoms with E-state index in [-0.39, 0.29) is 0 Å². The minimum Gasteiger partial charge on any atom is -0.481 e. The fraction of sp³-hybridized carbons (Fsp3) is 0.933. The van der Waals surface area contributed by atoms with E-state index in [1.807, 2.05) is 0 Å². The summed E-state index contributed by atoms with van der Waals surface area (Å²) in [7, 11) is 0. The van der Waals surface area contributed by atoms with Crippen molar-refractivity contribution in [3.05, 3.63) is 0 Å². The summed E-state index contributed by atoms with van der Waals surface area (Å²) in [5.41, 5.74) is 0. The fourth-order valence-electron chi connectivity index (χ4n) is 3.73. The molecule has 0 spiro atoms. The van der Waals surface area contributed by atoms with E-state index >= 15 is 0 Å². The Morgan fingerprint density at radius 2 is 2.11 bits per heavy atom. The highest BCUT2D eigenvalue weighted by molar-refractivity contribution is 5.66. The van der Waals surface area contributed by atoms with Crippen LogP contribution >= 0.6 is 0 Å². The van der Waals surface area contributed by atoms with Crippen LogP contribution in [0, 0.1) is 17.8 Å². The summed E-state index contributed by atoms with van der Waals surface area (Å²) in [5, 5.41) is 8.72. The van der Waals surface area contributed by atoms with Crippen molar-refractivity contribution < 1.29 is 9.90 Å². The maximum Gasteiger partial charge on any atom is 0.303 e. The standard InChI is InChI=1S/C15H27NO2/c1-12-3-2-4-14(9-12)11-16-8-7-13(10-16)5-6-15(17)18/h12-14H,2-11H2,1H3,(H,17,18). The van der Waals surface area contributed by atoms with Gasteiger partial charge in [0.05, 0.1) is 0 Å². The molecule has 0 aromatic rings. The van der Waals surface area contributed by atoms with Crippen LogP contribution in [0.2, 0.25) is 0 Å². The van der Waals surface area contributed by atoms with Crippen molar-refractivity contribution in [1.82, 2.24) is 4.90 Å². The Balaban J connectivity index is 1.67. The predicted octanol–water partition coefficient (Wildman–Crippen LogP) is 3.00. The van der Waals surface area contributed by atoms with Crippen molar-refractivity contribution in [1.29, 1.82) is 0 Å². The highest BCUT2D eigenvalue weighted by Gasteiger charge is 2.26. The van der Waals surface area contributed by atoms with Crippen LogP contribution in [0.15, 0.2) is 0 Å². The minimum absolute atomic E-state index is 0.346. The molecule has 1 N–H and O–H groups in total. The van der Waals surface area contributed by atoms with Gasteiger partial charge in [0.1, 0.15) is 0 Å². The van der Waals surface area contributed by atoms with E-state index in [0.717, 1.165) is 24.8 Å². The zero-order valence-electron chi connectivity index (χ0n) is 11.6. The lowest BCUT2D eigenvalue weighted by Gasteiger charge is -2.30. The molecule has 3 heteroatoms. The van der Waals surface area contributed by atoms with Gasteiger partial charge in [-0.3, -0.25) is 4.79 Å². The molecule has 1 aliphatic carbocycles. The Morgan fingerprint density at radius 1 is 1.28 bits per heavy atom. The van der Waals surface area contributed by atoms with Crippen LogP contribution in [0.25, 0.3) is 0 Å². The zero-order valence-corrected chi connectivity index (χ0v) is 11.6. The quantitative estimate of drug-likeness (QED) is 0.819.